The number of carboxylic acids is 1. The second-order valence-corrected chi connectivity index (χ2v) is 2.88. The van der Waals surface area contributed by atoms with Gasteiger partial charge in [-0.25, -0.2) is 9.18 Å². The molecule has 0 bridgehead atoms. The molecular weight excluding hydrogens is 215 g/mol. The lowest BCUT2D eigenvalue weighted by molar-refractivity contribution is -0.115. The number of carbonyl (C=O) groups excluding carboxylic acids is 1. The molecule has 1 aromatic rings. The molecule has 0 atom stereocenters. The third-order valence-corrected chi connectivity index (χ3v) is 1.72. The molecule has 0 aliphatic rings. The van der Waals surface area contributed by atoms with Gasteiger partial charge >= 0.3 is 5.97 Å². The van der Waals surface area contributed by atoms with Crippen LogP contribution >= 0.6 is 0 Å². The molecule has 82 valence electrons. The SMILES string of the molecule is N#CCC(=O)Nc1ccc(C(=O)O)c(F)c1. The van der Waals surface area contributed by atoms with E-state index in [-0.39, 0.29) is 12.1 Å². The summed E-state index contributed by atoms with van der Waals surface area (Å²) in [6.45, 7) is 0. The van der Waals surface area contributed by atoms with Gasteiger partial charge in [-0.05, 0) is 18.2 Å². The van der Waals surface area contributed by atoms with Crippen LogP contribution in [0.5, 0.6) is 0 Å². The fraction of sp³-hybridized carbons (Fsp3) is 0.100. The number of carboxylic acid groups (broad SMARTS) is 1. The molecule has 1 aromatic carbocycles. The molecule has 0 spiro atoms. The maximum atomic E-state index is 13.1. The molecule has 0 aliphatic carbocycles. The summed E-state index contributed by atoms with van der Waals surface area (Å²) in [6, 6.07) is 4.81. The number of halogens is 1. The van der Waals surface area contributed by atoms with Crippen LogP contribution in [-0.4, -0.2) is 17.0 Å². The van der Waals surface area contributed by atoms with E-state index in [2.05, 4.69) is 5.32 Å². The molecule has 16 heavy (non-hydrogen) atoms. The van der Waals surface area contributed by atoms with E-state index in [0.29, 0.717) is 0 Å². The van der Waals surface area contributed by atoms with Crippen molar-refractivity contribution in [2.45, 2.75) is 6.42 Å². The number of nitrogens with zero attached hydrogens (tertiary/aromatic N) is 1. The Hall–Kier alpha value is -2.42. The van der Waals surface area contributed by atoms with Crippen molar-refractivity contribution < 1.29 is 19.1 Å². The lowest BCUT2D eigenvalue weighted by atomic mass is 10.2. The molecule has 1 rings (SSSR count). The van der Waals surface area contributed by atoms with Gasteiger partial charge in [-0.1, -0.05) is 0 Å². The summed E-state index contributed by atoms with van der Waals surface area (Å²) in [5.41, 5.74) is -0.360. The highest BCUT2D eigenvalue weighted by atomic mass is 19.1. The first-order valence-electron chi connectivity index (χ1n) is 4.24. The summed E-state index contributed by atoms with van der Waals surface area (Å²) in [4.78, 5) is 21.5. The Morgan fingerprint density at radius 2 is 2.19 bits per heavy atom. The van der Waals surface area contributed by atoms with Crippen molar-refractivity contribution >= 4 is 17.6 Å². The number of nitrogens with one attached hydrogen (secondary N) is 1. The number of aromatic carboxylic acids is 1. The molecule has 0 heterocycles. The van der Waals surface area contributed by atoms with Crippen molar-refractivity contribution in [3.8, 4) is 6.07 Å². The quantitative estimate of drug-likeness (QED) is 0.808. The van der Waals surface area contributed by atoms with Crippen molar-refractivity contribution in [1.82, 2.24) is 0 Å². The zero-order valence-corrected chi connectivity index (χ0v) is 8.03. The molecule has 1 amide bonds. The van der Waals surface area contributed by atoms with Gasteiger partial charge in [0, 0.05) is 5.69 Å². The summed E-state index contributed by atoms with van der Waals surface area (Å²) >= 11 is 0. The van der Waals surface area contributed by atoms with Crippen LogP contribution in [0.3, 0.4) is 0 Å². The van der Waals surface area contributed by atoms with Crippen LogP contribution in [0.25, 0.3) is 0 Å². The summed E-state index contributed by atoms with van der Waals surface area (Å²) in [7, 11) is 0. The van der Waals surface area contributed by atoms with Crippen molar-refractivity contribution in [2.24, 2.45) is 0 Å². The first kappa shape index (κ1) is 11.7. The van der Waals surface area contributed by atoms with Crippen molar-refractivity contribution in [2.75, 3.05) is 5.32 Å². The maximum absolute atomic E-state index is 13.1. The zero-order chi connectivity index (χ0) is 12.1. The van der Waals surface area contributed by atoms with Crippen LogP contribution in [0.4, 0.5) is 10.1 Å². The molecular formula is C10H7FN2O3. The van der Waals surface area contributed by atoms with Crippen molar-refractivity contribution in [3.05, 3.63) is 29.6 Å². The number of hydrogen-bond donors (Lipinski definition) is 2. The summed E-state index contributed by atoms with van der Waals surface area (Å²) in [5.74, 6) is -2.90. The molecule has 5 nitrogen and oxygen atoms in total. The van der Waals surface area contributed by atoms with E-state index >= 15 is 0 Å². The van der Waals surface area contributed by atoms with Gasteiger partial charge in [-0.3, -0.25) is 4.79 Å². The number of amides is 1. The van der Waals surface area contributed by atoms with Crippen LogP contribution in [0.1, 0.15) is 16.8 Å². The molecule has 2 N–H and O–H groups in total. The van der Waals surface area contributed by atoms with Gasteiger partial charge in [0.05, 0.1) is 11.6 Å². The van der Waals surface area contributed by atoms with Gasteiger partial charge in [0.2, 0.25) is 5.91 Å². The van der Waals surface area contributed by atoms with Crippen LogP contribution in [0, 0.1) is 17.1 Å². The minimum atomic E-state index is -1.38. The summed E-state index contributed by atoms with van der Waals surface area (Å²) in [5, 5.41) is 19.0. The number of nitriles is 1. The Balaban J connectivity index is 2.86. The Morgan fingerprint density at radius 1 is 1.50 bits per heavy atom. The molecule has 0 unspecified atom stereocenters. The Bertz CT molecular complexity index is 479. The van der Waals surface area contributed by atoms with Gasteiger partial charge in [0.15, 0.2) is 0 Å². The highest BCUT2D eigenvalue weighted by Gasteiger charge is 2.11. The average molecular weight is 222 g/mol. The number of anilines is 1. The Kier molecular flexibility index (Phi) is 3.56. The Labute approximate surface area is 90.1 Å². The predicted molar refractivity (Wildman–Crippen MR) is 52.2 cm³/mol. The smallest absolute Gasteiger partial charge is 0.338 e. The average Bonchev–Trinajstić information content (AvgIpc) is 2.17. The summed E-state index contributed by atoms with van der Waals surface area (Å²) < 4.78 is 13.1. The van der Waals surface area contributed by atoms with Crippen LogP contribution in [0.2, 0.25) is 0 Å². The fourth-order valence-electron chi connectivity index (χ4n) is 1.04. The van der Waals surface area contributed by atoms with E-state index in [1.165, 1.54) is 6.07 Å². The van der Waals surface area contributed by atoms with E-state index in [9.17, 15) is 14.0 Å². The van der Waals surface area contributed by atoms with Crippen molar-refractivity contribution in [3.63, 3.8) is 0 Å². The monoisotopic (exact) mass is 222 g/mol. The largest absolute Gasteiger partial charge is 0.478 e. The van der Waals surface area contributed by atoms with Gasteiger partial charge in [0.1, 0.15) is 12.2 Å². The standard InChI is InChI=1S/C10H7FN2O3/c11-8-5-6(13-9(14)3-4-12)1-2-7(8)10(15)16/h1-2,5H,3H2,(H,13,14)(H,15,16). The first-order valence-corrected chi connectivity index (χ1v) is 4.24. The van der Waals surface area contributed by atoms with Crippen LogP contribution < -0.4 is 5.32 Å². The van der Waals surface area contributed by atoms with Gasteiger partial charge in [0.25, 0.3) is 0 Å². The van der Waals surface area contributed by atoms with Gasteiger partial charge in [-0.15, -0.1) is 0 Å². The third-order valence-electron chi connectivity index (χ3n) is 1.72. The van der Waals surface area contributed by atoms with E-state index in [1.807, 2.05) is 0 Å². The highest BCUT2D eigenvalue weighted by molar-refractivity contribution is 5.93. The summed E-state index contributed by atoms with van der Waals surface area (Å²) in [6.07, 6.45) is -0.345. The number of hydrogen-bond acceptors (Lipinski definition) is 3. The van der Waals surface area contributed by atoms with E-state index in [4.69, 9.17) is 10.4 Å². The van der Waals surface area contributed by atoms with Gasteiger partial charge < -0.3 is 10.4 Å². The minimum Gasteiger partial charge on any atom is -0.478 e. The molecule has 0 radical (unpaired) electrons. The highest BCUT2D eigenvalue weighted by Crippen LogP contribution is 2.14. The molecule has 0 saturated carbocycles. The number of benzene rings is 1. The molecule has 0 aliphatic heterocycles. The third kappa shape index (κ3) is 2.78. The number of carbonyl (C=O) groups is 2. The molecule has 0 aromatic heterocycles. The first-order chi connectivity index (χ1) is 7.54. The van der Waals surface area contributed by atoms with Crippen molar-refractivity contribution in [1.29, 1.82) is 5.26 Å². The number of rotatable bonds is 3. The minimum absolute atomic E-state index is 0.114. The van der Waals surface area contributed by atoms with E-state index in [1.54, 1.807) is 6.07 Å². The van der Waals surface area contributed by atoms with E-state index < -0.39 is 23.3 Å². The van der Waals surface area contributed by atoms with Gasteiger partial charge in [-0.2, -0.15) is 5.26 Å². The van der Waals surface area contributed by atoms with Crippen LogP contribution in [0.15, 0.2) is 18.2 Å². The molecule has 0 fully saturated rings. The maximum Gasteiger partial charge on any atom is 0.338 e. The molecule has 6 heteroatoms. The Morgan fingerprint density at radius 3 is 2.69 bits per heavy atom. The molecule has 0 saturated heterocycles. The van der Waals surface area contributed by atoms with E-state index in [0.717, 1.165) is 12.1 Å². The second-order valence-electron chi connectivity index (χ2n) is 2.88. The fourth-order valence-corrected chi connectivity index (χ4v) is 1.04. The van der Waals surface area contributed by atoms with Crippen LogP contribution in [-0.2, 0) is 4.79 Å². The second kappa shape index (κ2) is 4.89. The lowest BCUT2D eigenvalue weighted by Crippen LogP contribution is -2.11. The lowest BCUT2D eigenvalue weighted by Gasteiger charge is -2.04. The predicted octanol–water partition coefficient (Wildman–Crippen LogP) is 1.38. The topological polar surface area (TPSA) is 90.2 Å². The normalized spacial score (nSPS) is 9.25. The zero-order valence-electron chi connectivity index (χ0n) is 8.03.